The molecule has 2 atom stereocenters. The highest BCUT2D eigenvalue weighted by Crippen LogP contribution is 2.19. The third-order valence-corrected chi connectivity index (χ3v) is 2.89. The molecule has 0 saturated carbocycles. The van der Waals surface area contributed by atoms with Crippen molar-refractivity contribution in [2.24, 2.45) is 0 Å². The van der Waals surface area contributed by atoms with Gasteiger partial charge < -0.3 is 19.9 Å². The predicted molar refractivity (Wildman–Crippen MR) is 76.8 cm³/mol. The molecule has 4 nitrogen and oxygen atoms in total. The summed E-state index contributed by atoms with van der Waals surface area (Å²) in [6.45, 7) is 7.45. The molecule has 0 radical (unpaired) electrons. The monoisotopic (exact) mass is 267 g/mol. The van der Waals surface area contributed by atoms with Crippen molar-refractivity contribution < 1.29 is 14.6 Å². The van der Waals surface area contributed by atoms with Crippen LogP contribution in [0.15, 0.2) is 18.2 Å². The molecule has 0 aliphatic heterocycles. The topological polar surface area (TPSA) is 50.7 Å². The number of nitrogens with one attached hydrogen (secondary N) is 1. The maximum atomic E-state index is 9.86. The van der Waals surface area contributed by atoms with Crippen LogP contribution in [0.2, 0.25) is 0 Å². The van der Waals surface area contributed by atoms with Gasteiger partial charge in [0, 0.05) is 19.7 Å². The van der Waals surface area contributed by atoms with Crippen molar-refractivity contribution in [3.8, 4) is 5.75 Å². The van der Waals surface area contributed by atoms with Crippen molar-refractivity contribution in [3.05, 3.63) is 29.3 Å². The molecule has 0 aliphatic carbocycles. The summed E-state index contributed by atoms with van der Waals surface area (Å²) in [5.74, 6) is 0.837. The van der Waals surface area contributed by atoms with Gasteiger partial charge in [-0.25, -0.2) is 0 Å². The first-order valence-corrected chi connectivity index (χ1v) is 6.63. The lowest BCUT2D eigenvalue weighted by Crippen LogP contribution is -2.38. The summed E-state index contributed by atoms with van der Waals surface area (Å²) >= 11 is 0. The Morgan fingerprint density at radius 2 is 2.00 bits per heavy atom. The zero-order valence-electron chi connectivity index (χ0n) is 12.3. The van der Waals surface area contributed by atoms with Crippen LogP contribution in [-0.4, -0.2) is 44.1 Å². The molecule has 0 heterocycles. The fourth-order valence-corrected chi connectivity index (χ4v) is 1.75. The van der Waals surface area contributed by atoms with Crippen molar-refractivity contribution in [1.82, 2.24) is 5.32 Å². The number of benzene rings is 1. The highest BCUT2D eigenvalue weighted by atomic mass is 16.5. The molecule has 19 heavy (non-hydrogen) atoms. The molecular weight excluding hydrogens is 242 g/mol. The zero-order chi connectivity index (χ0) is 14.3. The first-order chi connectivity index (χ1) is 9.02. The second-order valence-corrected chi connectivity index (χ2v) is 5.00. The van der Waals surface area contributed by atoms with Crippen molar-refractivity contribution in [1.29, 1.82) is 0 Å². The third kappa shape index (κ3) is 6.05. The minimum absolute atomic E-state index is 0.223. The summed E-state index contributed by atoms with van der Waals surface area (Å²) in [6, 6.07) is 6.28. The molecule has 2 unspecified atom stereocenters. The fourth-order valence-electron chi connectivity index (χ4n) is 1.75. The van der Waals surface area contributed by atoms with Crippen molar-refractivity contribution in [3.63, 3.8) is 0 Å². The van der Waals surface area contributed by atoms with E-state index in [4.69, 9.17) is 9.47 Å². The van der Waals surface area contributed by atoms with Gasteiger partial charge in [0.05, 0.1) is 6.61 Å². The van der Waals surface area contributed by atoms with Gasteiger partial charge in [-0.05, 0) is 38.0 Å². The van der Waals surface area contributed by atoms with Crippen LogP contribution < -0.4 is 10.1 Å². The normalized spacial score (nSPS) is 14.2. The van der Waals surface area contributed by atoms with Gasteiger partial charge in [0.25, 0.3) is 0 Å². The van der Waals surface area contributed by atoms with Gasteiger partial charge in [-0.15, -0.1) is 0 Å². The number of rotatable bonds is 8. The van der Waals surface area contributed by atoms with Gasteiger partial charge >= 0.3 is 0 Å². The van der Waals surface area contributed by atoms with Crippen LogP contribution >= 0.6 is 0 Å². The smallest absolute Gasteiger partial charge is 0.122 e. The van der Waals surface area contributed by atoms with E-state index in [0.717, 1.165) is 16.9 Å². The van der Waals surface area contributed by atoms with E-state index in [2.05, 4.69) is 5.32 Å². The predicted octanol–water partition coefficient (Wildman–Crippen LogP) is 1.67. The fraction of sp³-hybridized carbons (Fsp3) is 0.600. The van der Waals surface area contributed by atoms with Crippen LogP contribution in [0, 0.1) is 13.8 Å². The molecule has 0 aromatic heterocycles. The number of hydrogen-bond donors (Lipinski definition) is 2. The van der Waals surface area contributed by atoms with Crippen LogP contribution in [0.5, 0.6) is 5.75 Å². The van der Waals surface area contributed by atoms with Crippen LogP contribution in [-0.2, 0) is 4.74 Å². The Kier molecular flexibility index (Phi) is 6.84. The molecule has 0 aliphatic rings. The number of hydrogen-bond acceptors (Lipinski definition) is 4. The van der Waals surface area contributed by atoms with E-state index >= 15 is 0 Å². The Morgan fingerprint density at radius 1 is 1.26 bits per heavy atom. The summed E-state index contributed by atoms with van der Waals surface area (Å²) in [7, 11) is 1.66. The Hall–Kier alpha value is -1.10. The van der Waals surface area contributed by atoms with Gasteiger partial charge in [0.15, 0.2) is 0 Å². The summed E-state index contributed by atoms with van der Waals surface area (Å²) < 4.78 is 10.7. The number of aliphatic hydroxyl groups is 1. The van der Waals surface area contributed by atoms with Crippen molar-refractivity contribution >= 4 is 0 Å². The van der Waals surface area contributed by atoms with Gasteiger partial charge in [0.2, 0.25) is 0 Å². The molecule has 1 aromatic rings. The van der Waals surface area contributed by atoms with Gasteiger partial charge in [0.1, 0.15) is 18.5 Å². The molecule has 0 saturated heterocycles. The highest BCUT2D eigenvalue weighted by molar-refractivity contribution is 5.35. The Morgan fingerprint density at radius 3 is 2.68 bits per heavy atom. The SMILES string of the molecule is COCC(C)NCC(O)COc1cc(C)ccc1C. The van der Waals surface area contributed by atoms with E-state index in [1.54, 1.807) is 7.11 Å². The van der Waals surface area contributed by atoms with Crippen LogP contribution in [0.4, 0.5) is 0 Å². The lowest BCUT2D eigenvalue weighted by atomic mass is 10.1. The number of aryl methyl sites for hydroxylation is 2. The molecule has 1 rings (SSSR count). The van der Waals surface area contributed by atoms with Crippen LogP contribution in [0.3, 0.4) is 0 Å². The van der Waals surface area contributed by atoms with Crippen molar-refractivity contribution in [2.75, 3.05) is 26.9 Å². The highest BCUT2D eigenvalue weighted by Gasteiger charge is 2.09. The quantitative estimate of drug-likeness (QED) is 0.752. The second kappa shape index (κ2) is 8.15. The summed E-state index contributed by atoms with van der Waals surface area (Å²) in [5.41, 5.74) is 2.24. The maximum absolute atomic E-state index is 9.86. The molecule has 4 heteroatoms. The first-order valence-electron chi connectivity index (χ1n) is 6.63. The third-order valence-electron chi connectivity index (χ3n) is 2.89. The molecule has 0 amide bonds. The molecule has 0 spiro atoms. The van der Waals surface area contributed by atoms with Gasteiger partial charge in [-0.1, -0.05) is 12.1 Å². The summed E-state index contributed by atoms with van der Waals surface area (Å²) in [4.78, 5) is 0. The minimum Gasteiger partial charge on any atom is -0.491 e. The average molecular weight is 267 g/mol. The minimum atomic E-state index is -0.529. The van der Waals surface area contributed by atoms with Crippen LogP contribution in [0.1, 0.15) is 18.1 Å². The van der Waals surface area contributed by atoms with E-state index < -0.39 is 6.10 Å². The lowest BCUT2D eigenvalue weighted by Gasteiger charge is -2.17. The van der Waals surface area contributed by atoms with E-state index in [1.807, 2.05) is 39.0 Å². The average Bonchev–Trinajstić information content (AvgIpc) is 2.38. The molecule has 0 fully saturated rings. The molecular formula is C15H25NO3. The number of methoxy groups -OCH3 is 1. The van der Waals surface area contributed by atoms with Gasteiger partial charge in [-0.3, -0.25) is 0 Å². The van der Waals surface area contributed by atoms with E-state index in [0.29, 0.717) is 13.2 Å². The Bertz CT molecular complexity index is 382. The largest absolute Gasteiger partial charge is 0.491 e. The maximum Gasteiger partial charge on any atom is 0.122 e. The summed E-state index contributed by atoms with van der Waals surface area (Å²) in [6.07, 6.45) is -0.529. The van der Waals surface area contributed by atoms with Gasteiger partial charge in [-0.2, -0.15) is 0 Å². The summed E-state index contributed by atoms with van der Waals surface area (Å²) in [5, 5.41) is 13.1. The van der Waals surface area contributed by atoms with E-state index in [-0.39, 0.29) is 12.6 Å². The molecule has 108 valence electrons. The standard InChI is InChI=1S/C15H25NO3/c1-11-5-6-12(2)15(7-11)19-10-14(17)8-16-13(3)9-18-4/h5-7,13-14,16-17H,8-10H2,1-4H3. The lowest BCUT2D eigenvalue weighted by molar-refractivity contribution is 0.0970. The van der Waals surface area contributed by atoms with Crippen molar-refractivity contribution in [2.45, 2.75) is 32.9 Å². The number of ether oxygens (including phenoxy) is 2. The molecule has 1 aromatic carbocycles. The molecule has 0 bridgehead atoms. The van der Waals surface area contributed by atoms with Crippen LogP contribution in [0.25, 0.3) is 0 Å². The Labute approximate surface area is 115 Å². The number of aliphatic hydroxyl groups excluding tert-OH is 1. The van der Waals surface area contributed by atoms with E-state index in [1.165, 1.54) is 0 Å². The zero-order valence-corrected chi connectivity index (χ0v) is 12.3. The molecule has 2 N–H and O–H groups in total. The first kappa shape index (κ1) is 16.0. The second-order valence-electron chi connectivity index (χ2n) is 5.00. The Balaban J connectivity index is 2.33. The van der Waals surface area contributed by atoms with E-state index in [9.17, 15) is 5.11 Å².